The second kappa shape index (κ2) is 3.74. The van der Waals surface area contributed by atoms with E-state index >= 15 is 0 Å². The third-order valence-electron chi connectivity index (χ3n) is 2.23. The summed E-state index contributed by atoms with van der Waals surface area (Å²) in [5.41, 5.74) is 0.661. The van der Waals surface area contributed by atoms with Crippen LogP contribution in [0.25, 0.3) is 0 Å². The van der Waals surface area contributed by atoms with Crippen molar-refractivity contribution in [3.05, 3.63) is 12.2 Å². The first kappa shape index (κ1) is 9.30. The van der Waals surface area contributed by atoms with Crippen LogP contribution in [0.15, 0.2) is 12.2 Å². The van der Waals surface area contributed by atoms with Crippen LogP contribution in [0.1, 0.15) is 33.1 Å². The van der Waals surface area contributed by atoms with Gasteiger partial charge in [0.15, 0.2) is 0 Å². The van der Waals surface area contributed by atoms with Crippen LogP contribution in [0.2, 0.25) is 0 Å². The van der Waals surface area contributed by atoms with Crippen LogP contribution in [-0.4, -0.2) is 23.4 Å². The molecule has 1 aliphatic rings. The van der Waals surface area contributed by atoms with Crippen molar-refractivity contribution in [2.24, 2.45) is 0 Å². The highest BCUT2D eigenvalue weighted by Gasteiger charge is 2.37. The summed E-state index contributed by atoms with van der Waals surface area (Å²) >= 11 is 0. The first-order chi connectivity index (χ1) is 5.66. The van der Waals surface area contributed by atoms with E-state index in [0.717, 1.165) is 13.0 Å². The van der Waals surface area contributed by atoms with Gasteiger partial charge in [0.05, 0.1) is 0 Å². The van der Waals surface area contributed by atoms with E-state index in [1.165, 1.54) is 12.8 Å². The van der Waals surface area contributed by atoms with E-state index in [4.69, 9.17) is 0 Å². The molecule has 12 heavy (non-hydrogen) atoms. The second-order valence-electron chi connectivity index (χ2n) is 3.53. The van der Waals surface area contributed by atoms with E-state index in [9.17, 15) is 4.79 Å². The molecule has 0 saturated carbocycles. The zero-order valence-corrected chi connectivity index (χ0v) is 7.97. The van der Waals surface area contributed by atoms with E-state index in [-0.39, 0.29) is 5.91 Å². The van der Waals surface area contributed by atoms with Gasteiger partial charge in [-0.3, -0.25) is 4.79 Å². The van der Waals surface area contributed by atoms with Crippen LogP contribution in [0.5, 0.6) is 0 Å². The number of unbranched alkanes of at least 4 members (excludes halogenated alkanes) is 1. The normalized spacial score (nSPS) is 20.8. The lowest BCUT2D eigenvalue weighted by atomic mass is 10.2. The van der Waals surface area contributed by atoms with Gasteiger partial charge in [-0.1, -0.05) is 26.3 Å². The SMILES string of the molecule is C=C(C)C(=O)N1CC1CCCC. The lowest BCUT2D eigenvalue weighted by Gasteiger charge is -2.02. The van der Waals surface area contributed by atoms with E-state index in [0.29, 0.717) is 11.6 Å². The first-order valence-electron chi connectivity index (χ1n) is 4.63. The zero-order chi connectivity index (χ0) is 9.14. The molecule has 1 aliphatic heterocycles. The Hall–Kier alpha value is -0.790. The van der Waals surface area contributed by atoms with Crippen molar-refractivity contribution in [1.29, 1.82) is 0 Å². The minimum absolute atomic E-state index is 0.135. The summed E-state index contributed by atoms with van der Waals surface area (Å²) in [6, 6.07) is 0.522. The van der Waals surface area contributed by atoms with Crippen LogP contribution >= 0.6 is 0 Å². The van der Waals surface area contributed by atoms with Crippen molar-refractivity contribution in [1.82, 2.24) is 4.90 Å². The Morgan fingerprint density at radius 3 is 2.83 bits per heavy atom. The molecule has 0 N–H and O–H groups in total. The molecule has 68 valence electrons. The minimum Gasteiger partial charge on any atom is -0.332 e. The molecular formula is C10H17NO. The van der Waals surface area contributed by atoms with Crippen molar-refractivity contribution in [2.45, 2.75) is 39.2 Å². The molecular weight excluding hydrogens is 150 g/mol. The van der Waals surface area contributed by atoms with E-state index in [1.54, 1.807) is 6.92 Å². The lowest BCUT2D eigenvalue weighted by Crippen LogP contribution is -2.13. The van der Waals surface area contributed by atoms with Gasteiger partial charge in [0.25, 0.3) is 0 Å². The molecule has 1 saturated heterocycles. The third-order valence-corrected chi connectivity index (χ3v) is 2.23. The molecule has 2 nitrogen and oxygen atoms in total. The molecule has 1 amide bonds. The number of hydrogen-bond donors (Lipinski definition) is 0. The van der Waals surface area contributed by atoms with Crippen molar-refractivity contribution < 1.29 is 4.79 Å². The Balaban J connectivity index is 2.23. The third kappa shape index (κ3) is 2.10. The van der Waals surface area contributed by atoms with E-state index < -0.39 is 0 Å². The summed E-state index contributed by atoms with van der Waals surface area (Å²) in [7, 11) is 0. The van der Waals surface area contributed by atoms with Crippen molar-refractivity contribution in [3.8, 4) is 0 Å². The highest BCUT2D eigenvalue weighted by atomic mass is 16.2. The maximum absolute atomic E-state index is 11.3. The van der Waals surface area contributed by atoms with Crippen LogP contribution < -0.4 is 0 Å². The molecule has 1 rings (SSSR count). The molecule has 0 aromatic rings. The van der Waals surface area contributed by atoms with Crippen LogP contribution in [0.4, 0.5) is 0 Å². The monoisotopic (exact) mass is 167 g/mol. The summed E-state index contributed by atoms with van der Waals surface area (Å²) < 4.78 is 0. The number of nitrogens with zero attached hydrogens (tertiary/aromatic N) is 1. The minimum atomic E-state index is 0.135. The van der Waals surface area contributed by atoms with Gasteiger partial charge >= 0.3 is 0 Å². The van der Waals surface area contributed by atoms with Gasteiger partial charge in [-0.15, -0.1) is 0 Å². The number of carbonyl (C=O) groups excluding carboxylic acids is 1. The molecule has 0 aromatic heterocycles. The molecule has 0 radical (unpaired) electrons. The summed E-state index contributed by atoms with van der Waals surface area (Å²) in [6.07, 6.45) is 3.60. The predicted octanol–water partition coefficient (Wildman–Crippen LogP) is 1.96. The Morgan fingerprint density at radius 2 is 2.33 bits per heavy atom. The summed E-state index contributed by atoms with van der Waals surface area (Å²) in [5, 5.41) is 0. The lowest BCUT2D eigenvalue weighted by molar-refractivity contribution is -0.122. The van der Waals surface area contributed by atoms with Crippen LogP contribution in [0, 0.1) is 0 Å². The van der Waals surface area contributed by atoms with Crippen molar-refractivity contribution in [3.63, 3.8) is 0 Å². The molecule has 0 aromatic carbocycles. The van der Waals surface area contributed by atoms with Crippen molar-refractivity contribution in [2.75, 3.05) is 6.54 Å². The number of amides is 1. The van der Waals surface area contributed by atoms with Gasteiger partial charge in [0.1, 0.15) is 0 Å². The van der Waals surface area contributed by atoms with Crippen LogP contribution in [-0.2, 0) is 4.79 Å². The Labute approximate surface area is 74.2 Å². The molecule has 1 heterocycles. The maximum atomic E-state index is 11.3. The smallest absolute Gasteiger partial charge is 0.249 e. The molecule has 1 atom stereocenters. The molecule has 2 heteroatoms. The maximum Gasteiger partial charge on any atom is 0.249 e. The Kier molecular flexibility index (Phi) is 2.90. The number of rotatable bonds is 4. The molecule has 0 spiro atoms. The zero-order valence-electron chi connectivity index (χ0n) is 7.97. The van der Waals surface area contributed by atoms with E-state index in [2.05, 4.69) is 13.5 Å². The van der Waals surface area contributed by atoms with Crippen LogP contribution in [0.3, 0.4) is 0 Å². The molecule has 1 unspecified atom stereocenters. The highest BCUT2D eigenvalue weighted by Crippen LogP contribution is 2.24. The molecule has 1 fully saturated rings. The molecule has 0 aliphatic carbocycles. The van der Waals surface area contributed by atoms with Gasteiger partial charge in [-0.2, -0.15) is 0 Å². The van der Waals surface area contributed by atoms with Gasteiger partial charge < -0.3 is 4.90 Å². The number of carbonyl (C=O) groups is 1. The summed E-state index contributed by atoms with van der Waals surface area (Å²) in [6.45, 7) is 8.54. The largest absolute Gasteiger partial charge is 0.332 e. The van der Waals surface area contributed by atoms with E-state index in [1.807, 2.05) is 4.90 Å². The fourth-order valence-corrected chi connectivity index (χ4v) is 1.36. The Morgan fingerprint density at radius 1 is 1.67 bits per heavy atom. The highest BCUT2D eigenvalue weighted by molar-refractivity contribution is 5.94. The van der Waals surface area contributed by atoms with Gasteiger partial charge in [0, 0.05) is 18.2 Å². The second-order valence-corrected chi connectivity index (χ2v) is 3.53. The summed E-state index contributed by atoms with van der Waals surface area (Å²) in [4.78, 5) is 13.2. The van der Waals surface area contributed by atoms with Crippen molar-refractivity contribution >= 4 is 5.91 Å². The fourth-order valence-electron chi connectivity index (χ4n) is 1.36. The Bertz CT molecular complexity index is 198. The van der Waals surface area contributed by atoms with Gasteiger partial charge in [-0.05, 0) is 13.3 Å². The fraction of sp³-hybridized carbons (Fsp3) is 0.700. The topological polar surface area (TPSA) is 20.1 Å². The average molecular weight is 167 g/mol. The first-order valence-corrected chi connectivity index (χ1v) is 4.63. The average Bonchev–Trinajstić information content (AvgIpc) is 2.78. The predicted molar refractivity (Wildman–Crippen MR) is 49.8 cm³/mol. The summed E-state index contributed by atoms with van der Waals surface area (Å²) in [5.74, 6) is 0.135. The van der Waals surface area contributed by atoms with Gasteiger partial charge in [0.2, 0.25) is 5.91 Å². The quantitative estimate of drug-likeness (QED) is 0.463. The van der Waals surface area contributed by atoms with Gasteiger partial charge in [-0.25, -0.2) is 0 Å². The standard InChI is InChI=1S/C10H17NO/c1-4-5-6-9-7-11(9)10(12)8(2)3/h9H,2,4-7H2,1,3H3. The molecule has 0 bridgehead atoms. The number of hydrogen-bond acceptors (Lipinski definition) is 1.